The van der Waals surface area contributed by atoms with Gasteiger partial charge in [0.05, 0.1) is 6.04 Å². The molecular formula is C17H19FN2O. The number of nitrogens with two attached hydrogens (primary N) is 1. The number of rotatable bonds is 4. The molecule has 110 valence electrons. The van der Waals surface area contributed by atoms with E-state index in [2.05, 4.69) is 0 Å². The first-order valence-electron chi connectivity index (χ1n) is 6.85. The summed E-state index contributed by atoms with van der Waals surface area (Å²) in [5, 5.41) is 0. The number of hydrogen-bond donors (Lipinski definition) is 1. The Kier molecular flexibility index (Phi) is 4.70. The lowest BCUT2D eigenvalue weighted by molar-refractivity contribution is 0.0740. The number of halogens is 1. The Bertz CT molecular complexity index is 625. The first kappa shape index (κ1) is 15.2. The van der Waals surface area contributed by atoms with Gasteiger partial charge in [-0.15, -0.1) is 0 Å². The maximum absolute atomic E-state index is 13.8. The first-order valence-corrected chi connectivity index (χ1v) is 6.85. The van der Waals surface area contributed by atoms with E-state index in [0.29, 0.717) is 17.7 Å². The van der Waals surface area contributed by atoms with Crippen molar-refractivity contribution in [1.29, 1.82) is 0 Å². The monoisotopic (exact) mass is 286 g/mol. The number of carbonyl (C=O) groups excluding carboxylic acids is 1. The number of hydrogen-bond acceptors (Lipinski definition) is 2. The molecule has 4 heteroatoms. The molecule has 0 heterocycles. The van der Waals surface area contributed by atoms with Crippen molar-refractivity contribution in [3.05, 3.63) is 71.0 Å². The zero-order valence-electron chi connectivity index (χ0n) is 12.2. The van der Waals surface area contributed by atoms with Crippen molar-refractivity contribution in [2.75, 3.05) is 7.05 Å². The fraction of sp³-hybridized carbons (Fsp3) is 0.235. The van der Waals surface area contributed by atoms with E-state index in [1.807, 2.05) is 19.1 Å². The molecule has 2 aromatic carbocycles. The quantitative estimate of drug-likeness (QED) is 0.938. The van der Waals surface area contributed by atoms with E-state index >= 15 is 0 Å². The van der Waals surface area contributed by atoms with Crippen LogP contribution in [0.15, 0.2) is 48.5 Å². The molecule has 1 amide bonds. The minimum Gasteiger partial charge on any atom is -0.335 e. The van der Waals surface area contributed by atoms with Gasteiger partial charge in [-0.1, -0.05) is 30.3 Å². The van der Waals surface area contributed by atoms with Gasteiger partial charge in [0.2, 0.25) is 0 Å². The van der Waals surface area contributed by atoms with E-state index in [1.54, 1.807) is 37.4 Å². The summed E-state index contributed by atoms with van der Waals surface area (Å²) in [7, 11) is 1.68. The van der Waals surface area contributed by atoms with Crippen LogP contribution in [0.4, 0.5) is 4.39 Å². The summed E-state index contributed by atoms with van der Waals surface area (Å²) < 4.78 is 13.8. The lowest BCUT2D eigenvalue weighted by atomic mass is 10.0. The van der Waals surface area contributed by atoms with Crippen LogP contribution in [0, 0.1) is 5.82 Å². The third-order valence-electron chi connectivity index (χ3n) is 3.69. The molecule has 3 nitrogen and oxygen atoms in total. The SMILES string of the molecule is CC(c1ccccc1F)N(C)C(=O)c1ccc(CN)cc1. The second-order valence-corrected chi connectivity index (χ2v) is 5.01. The first-order chi connectivity index (χ1) is 10.0. The van der Waals surface area contributed by atoms with Crippen molar-refractivity contribution in [2.24, 2.45) is 5.73 Å². The van der Waals surface area contributed by atoms with Crippen LogP contribution >= 0.6 is 0 Å². The normalized spacial score (nSPS) is 12.0. The van der Waals surface area contributed by atoms with Crippen molar-refractivity contribution in [3.8, 4) is 0 Å². The third-order valence-corrected chi connectivity index (χ3v) is 3.69. The molecule has 0 aromatic heterocycles. The standard InChI is InChI=1S/C17H19FN2O/c1-12(15-5-3-4-6-16(15)18)20(2)17(21)14-9-7-13(11-19)8-10-14/h3-10,12H,11,19H2,1-2H3. The van der Waals surface area contributed by atoms with Gasteiger partial charge in [0.15, 0.2) is 0 Å². The van der Waals surface area contributed by atoms with E-state index in [1.165, 1.54) is 11.0 Å². The molecule has 0 aliphatic carbocycles. The summed E-state index contributed by atoms with van der Waals surface area (Å²) in [6.07, 6.45) is 0. The molecule has 0 saturated carbocycles. The molecule has 1 atom stereocenters. The maximum atomic E-state index is 13.8. The zero-order valence-corrected chi connectivity index (χ0v) is 12.2. The maximum Gasteiger partial charge on any atom is 0.254 e. The Labute approximate surface area is 124 Å². The Hall–Kier alpha value is -2.20. The summed E-state index contributed by atoms with van der Waals surface area (Å²) in [5.74, 6) is -0.447. The van der Waals surface area contributed by atoms with Gasteiger partial charge >= 0.3 is 0 Å². The molecule has 0 bridgehead atoms. The molecule has 2 aromatic rings. The van der Waals surface area contributed by atoms with Gasteiger partial charge in [-0.05, 0) is 30.7 Å². The molecule has 0 fully saturated rings. The van der Waals surface area contributed by atoms with Gasteiger partial charge in [0, 0.05) is 24.7 Å². The smallest absolute Gasteiger partial charge is 0.254 e. The van der Waals surface area contributed by atoms with E-state index < -0.39 is 0 Å². The highest BCUT2D eigenvalue weighted by Crippen LogP contribution is 2.23. The van der Waals surface area contributed by atoms with Gasteiger partial charge in [-0.3, -0.25) is 4.79 Å². The van der Waals surface area contributed by atoms with E-state index in [9.17, 15) is 9.18 Å². The van der Waals surface area contributed by atoms with E-state index in [0.717, 1.165) is 5.56 Å². The number of benzene rings is 2. The molecule has 0 saturated heterocycles. The Morgan fingerprint density at radius 2 is 1.81 bits per heavy atom. The number of amides is 1. The highest BCUT2D eigenvalue weighted by Gasteiger charge is 2.20. The topological polar surface area (TPSA) is 46.3 Å². The van der Waals surface area contributed by atoms with Crippen LogP contribution in [-0.2, 0) is 6.54 Å². The average Bonchev–Trinajstić information content (AvgIpc) is 2.53. The molecule has 21 heavy (non-hydrogen) atoms. The molecular weight excluding hydrogens is 267 g/mol. The number of carbonyl (C=O) groups is 1. The Balaban J connectivity index is 2.20. The molecule has 2 rings (SSSR count). The second-order valence-electron chi connectivity index (χ2n) is 5.01. The summed E-state index contributed by atoms with van der Waals surface area (Å²) in [6, 6.07) is 13.3. The van der Waals surface area contributed by atoms with Crippen LogP contribution in [0.3, 0.4) is 0 Å². The highest BCUT2D eigenvalue weighted by atomic mass is 19.1. The summed E-state index contributed by atoms with van der Waals surface area (Å²) >= 11 is 0. The average molecular weight is 286 g/mol. The fourth-order valence-electron chi connectivity index (χ4n) is 2.19. The van der Waals surface area contributed by atoms with Crippen LogP contribution in [0.1, 0.15) is 34.5 Å². The molecule has 0 spiro atoms. The van der Waals surface area contributed by atoms with Crippen LogP contribution in [-0.4, -0.2) is 17.9 Å². The molecule has 1 unspecified atom stereocenters. The molecule has 0 aliphatic rings. The summed E-state index contributed by atoms with van der Waals surface area (Å²) in [6.45, 7) is 2.25. The molecule has 0 radical (unpaired) electrons. The summed E-state index contributed by atoms with van der Waals surface area (Å²) in [4.78, 5) is 14.0. The summed E-state index contributed by atoms with van der Waals surface area (Å²) in [5.41, 5.74) is 7.58. The van der Waals surface area contributed by atoms with Crippen LogP contribution in [0.2, 0.25) is 0 Å². The Morgan fingerprint density at radius 1 is 1.19 bits per heavy atom. The fourth-order valence-corrected chi connectivity index (χ4v) is 2.19. The van der Waals surface area contributed by atoms with Crippen LogP contribution in [0.5, 0.6) is 0 Å². The predicted octanol–water partition coefficient (Wildman–Crippen LogP) is 3.12. The minimum absolute atomic E-state index is 0.144. The number of nitrogens with zero attached hydrogens (tertiary/aromatic N) is 1. The van der Waals surface area contributed by atoms with E-state index in [4.69, 9.17) is 5.73 Å². The molecule has 2 N–H and O–H groups in total. The van der Waals surface area contributed by atoms with Gasteiger partial charge < -0.3 is 10.6 Å². The highest BCUT2D eigenvalue weighted by molar-refractivity contribution is 5.94. The van der Waals surface area contributed by atoms with Crippen molar-refractivity contribution < 1.29 is 9.18 Å². The van der Waals surface area contributed by atoms with Crippen molar-refractivity contribution in [2.45, 2.75) is 19.5 Å². The minimum atomic E-state index is -0.340. The third kappa shape index (κ3) is 3.28. The van der Waals surface area contributed by atoms with Crippen LogP contribution in [0.25, 0.3) is 0 Å². The molecule has 0 aliphatic heterocycles. The van der Waals surface area contributed by atoms with Gasteiger partial charge in [0.25, 0.3) is 5.91 Å². The predicted molar refractivity (Wildman–Crippen MR) is 81.2 cm³/mol. The van der Waals surface area contributed by atoms with Gasteiger partial charge in [0.1, 0.15) is 5.82 Å². The van der Waals surface area contributed by atoms with E-state index in [-0.39, 0.29) is 17.8 Å². The second kappa shape index (κ2) is 6.50. The lowest BCUT2D eigenvalue weighted by Gasteiger charge is -2.25. The zero-order chi connectivity index (χ0) is 15.4. The van der Waals surface area contributed by atoms with Crippen LogP contribution < -0.4 is 5.73 Å². The largest absolute Gasteiger partial charge is 0.335 e. The lowest BCUT2D eigenvalue weighted by Crippen LogP contribution is -2.30. The Morgan fingerprint density at radius 3 is 2.38 bits per heavy atom. The van der Waals surface area contributed by atoms with Crippen molar-refractivity contribution in [1.82, 2.24) is 4.90 Å². The van der Waals surface area contributed by atoms with Gasteiger partial charge in [-0.25, -0.2) is 4.39 Å². The van der Waals surface area contributed by atoms with Crippen molar-refractivity contribution >= 4 is 5.91 Å². The van der Waals surface area contributed by atoms with Crippen molar-refractivity contribution in [3.63, 3.8) is 0 Å². The van der Waals surface area contributed by atoms with Gasteiger partial charge in [-0.2, -0.15) is 0 Å².